The summed E-state index contributed by atoms with van der Waals surface area (Å²) in [6.45, 7) is 1.10. The number of carbonyl (C=O) groups excluding carboxylic acids is 1. The number of nitrogens with zero attached hydrogens (tertiary/aromatic N) is 1. The van der Waals surface area contributed by atoms with E-state index in [0.29, 0.717) is 29.2 Å². The fourth-order valence-electron chi connectivity index (χ4n) is 3.05. The van der Waals surface area contributed by atoms with E-state index < -0.39 is 15.9 Å². The molecule has 0 spiro atoms. The first-order valence-electron chi connectivity index (χ1n) is 8.72. The molecule has 0 aliphatic carbocycles. The van der Waals surface area contributed by atoms with Crippen LogP contribution >= 0.6 is 11.6 Å². The SMILES string of the molecule is O=C(Nc1cc(Cl)ccc1O)c1cccc(CS(=O)(=O)N2CCCCC2)c1. The molecule has 144 valence electrons. The van der Waals surface area contributed by atoms with Gasteiger partial charge in [0.15, 0.2) is 0 Å². The Morgan fingerprint density at radius 3 is 2.59 bits per heavy atom. The average Bonchev–Trinajstić information content (AvgIpc) is 2.65. The summed E-state index contributed by atoms with van der Waals surface area (Å²) in [5.74, 6) is -0.697. The normalized spacial score (nSPS) is 15.4. The third-order valence-electron chi connectivity index (χ3n) is 4.45. The van der Waals surface area contributed by atoms with Crippen LogP contribution in [-0.2, 0) is 15.8 Å². The Labute approximate surface area is 163 Å². The number of halogens is 1. The van der Waals surface area contributed by atoms with Crippen LogP contribution in [0, 0.1) is 0 Å². The molecule has 1 aliphatic rings. The average molecular weight is 409 g/mol. The quantitative estimate of drug-likeness (QED) is 0.740. The maximum atomic E-state index is 12.6. The van der Waals surface area contributed by atoms with E-state index in [1.165, 1.54) is 22.5 Å². The van der Waals surface area contributed by atoms with Crippen molar-refractivity contribution in [1.82, 2.24) is 4.31 Å². The second kappa shape index (κ2) is 8.29. The number of phenols is 1. The first-order valence-corrected chi connectivity index (χ1v) is 10.7. The number of carbonyl (C=O) groups is 1. The van der Waals surface area contributed by atoms with E-state index in [1.807, 2.05) is 0 Å². The molecular weight excluding hydrogens is 388 g/mol. The topological polar surface area (TPSA) is 86.7 Å². The third-order valence-corrected chi connectivity index (χ3v) is 6.54. The molecule has 1 amide bonds. The molecule has 2 N–H and O–H groups in total. The van der Waals surface area contributed by atoms with Gasteiger partial charge in [0.25, 0.3) is 5.91 Å². The lowest BCUT2D eigenvalue weighted by molar-refractivity contribution is 0.102. The van der Waals surface area contributed by atoms with E-state index in [9.17, 15) is 18.3 Å². The van der Waals surface area contributed by atoms with Crippen molar-refractivity contribution in [3.8, 4) is 5.75 Å². The predicted molar refractivity (Wildman–Crippen MR) is 106 cm³/mol. The number of aromatic hydroxyl groups is 1. The minimum absolute atomic E-state index is 0.100. The van der Waals surface area contributed by atoms with Gasteiger partial charge in [-0.15, -0.1) is 0 Å². The molecule has 0 aromatic heterocycles. The molecule has 1 fully saturated rings. The van der Waals surface area contributed by atoms with Crippen molar-refractivity contribution in [2.45, 2.75) is 25.0 Å². The number of hydrogen-bond donors (Lipinski definition) is 2. The highest BCUT2D eigenvalue weighted by Gasteiger charge is 2.24. The number of phenolic OH excluding ortho intramolecular Hbond substituents is 1. The van der Waals surface area contributed by atoms with E-state index >= 15 is 0 Å². The molecule has 3 rings (SSSR count). The number of hydrogen-bond acceptors (Lipinski definition) is 4. The van der Waals surface area contributed by atoms with Crippen molar-refractivity contribution >= 4 is 33.2 Å². The molecule has 2 aromatic carbocycles. The van der Waals surface area contributed by atoms with Crippen molar-refractivity contribution in [1.29, 1.82) is 0 Å². The third kappa shape index (κ3) is 5.00. The van der Waals surface area contributed by atoms with Crippen LogP contribution in [0.4, 0.5) is 5.69 Å². The Balaban J connectivity index is 1.74. The highest BCUT2D eigenvalue weighted by molar-refractivity contribution is 7.88. The molecular formula is C19H21ClN2O4S. The molecule has 0 atom stereocenters. The van der Waals surface area contributed by atoms with E-state index in [1.54, 1.807) is 24.3 Å². The number of anilines is 1. The summed E-state index contributed by atoms with van der Waals surface area (Å²) in [7, 11) is -3.41. The number of piperidine rings is 1. The summed E-state index contributed by atoms with van der Waals surface area (Å²) in [6.07, 6.45) is 2.81. The van der Waals surface area contributed by atoms with Crippen molar-refractivity contribution in [2.24, 2.45) is 0 Å². The van der Waals surface area contributed by atoms with Gasteiger partial charge >= 0.3 is 0 Å². The summed E-state index contributed by atoms with van der Waals surface area (Å²) >= 11 is 5.88. The van der Waals surface area contributed by atoms with Gasteiger partial charge in [0.1, 0.15) is 5.75 Å². The highest BCUT2D eigenvalue weighted by Crippen LogP contribution is 2.27. The summed E-state index contributed by atoms with van der Waals surface area (Å²) in [5.41, 5.74) is 1.04. The molecule has 0 unspecified atom stereocenters. The van der Waals surface area contributed by atoms with Gasteiger partial charge in [-0.1, -0.05) is 30.2 Å². The zero-order valence-corrected chi connectivity index (χ0v) is 16.3. The Morgan fingerprint density at radius 2 is 1.85 bits per heavy atom. The lowest BCUT2D eigenvalue weighted by Crippen LogP contribution is -2.36. The largest absolute Gasteiger partial charge is 0.506 e. The molecule has 1 saturated heterocycles. The fraction of sp³-hybridized carbons (Fsp3) is 0.316. The number of amides is 1. The summed E-state index contributed by atoms with van der Waals surface area (Å²) in [4.78, 5) is 12.5. The standard InChI is InChI=1S/C19H21ClN2O4S/c20-16-7-8-18(23)17(12-16)21-19(24)15-6-4-5-14(11-15)13-27(25,26)22-9-2-1-3-10-22/h4-8,11-12,23H,1-3,9-10,13H2,(H,21,24). The van der Waals surface area contributed by atoms with Gasteiger partial charge in [-0.2, -0.15) is 0 Å². The zero-order chi connectivity index (χ0) is 19.4. The lowest BCUT2D eigenvalue weighted by Gasteiger charge is -2.25. The number of nitrogens with one attached hydrogen (secondary N) is 1. The maximum Gasteiger partial charge on any atom is 0.255 e. The summed E-state index contributed by atoms with van der Waals surface area (Å²) in [6, 6.07) is 10.8. The Morgan fingerprint density at radius 1 is 1.11 bits per heavy atom. The summed E-state index contributed by atoms with van der Waals surface area (Å²) < 4.78 is 26.7. The predicted octanol–water partition coefficient (Wildman–Crippen LogP) is 3.61. The van der Waals surface area contributed by atoms with Crippen molar-refractivity contribution < 1.29 is 18.3 Å². The molecule has 0 bridgehead atoms. The number of benzene rings is 2. The van der Waals surface area contributed by atoms with E-state index in [2.05, 4.69) is 5.32 Å². The van der Waals surface area contributed by atoms with Gasteiger partial charge in [-0.3, -0.25) is 4.79 Å². The maximum absolute atomic E-state index is 12.6. The Hall–Kier alpha value is -2.09. The molecule has 1 heterocycles. The molecule has 8 heteroatoms. The molecule has 0 radical (unpaired) electrons. The minimum Gasteiger partial charge on any atom is -0.506 e. The fourth-order valence-corrected chi connectivity index (χ4v) is 4.82. The zero-order valence-electron chi connectivity index (χ0n) is 14.7. The van der Waals surface area contributed by atoms with Gasteiger partial charge in [0.05, 0.1) is 11.4 Å². The monoisotopic (exact) mass is 408 g/mol. The molecule has 0 saturated carbocycles. The van der Waals surface area contributed by atoms with Gasteiger partial charge in [0, 0.05) is 23.7 Å². The van der Waals surface area contributed by atoms with Gasteiger partial charge in [0.2, 0.25) is 10.0 Å². The summed E-state index contributed by atoms with van der Waals surface area (Å²) in [5, 5.41) is 12.8. The minimum atomic E-state index is -3.41. The Kier molecular flexibility index (Phi) is 6.04. The van der Waals surface area contributed by atoms with Crippen molar-refractivity contribution in [3.05, 3.63) is 58.6 Å². The van der Waals surface area contributed by atoms with Crippen LogP contribution in [0.2, 0.25) is 5.02 Å². The van der Waals surface area contributed by atoms with Crippen LogP contribution < -0.4 is 5.32 Å². The van der Waals surface area contributed by atoms with E-state index in [0.717, 1.165) is 19.3 Å². The van der Waals surface area contributed by atoms with Gasteiger partial charge < -0.3 is 10.4 Å². The van der Waals surface area contributed by atoms with Crippen LogP contribution in [0.5, 0.6) is 5.75 Å². The van der Waals surface area contributed by atoms with E-state index in [4.69, 9.17) is 11.6 Å². The molecule has 6 nitrogen and oxygen atoms in total. The van der Waals surface area contributed by atoms with Crippen LogP contribution in [0.15, 0.2) is 42.5 Å². The first kappa shape index (κ1) is 19.7. The van der Waals surface area contributed by atoms with Crippen LogP contribution in [0.3, 0.4) is 0 Å². The number of sulfonamides is 1. The van der Waals surface area contributed by atoms with Crippen molar-refractivity contribution in [3.63, 3.8) is 0 Å². The second-order valence-electron chi connectivity index (χ2n) is 6.53. The molecule has 27 heavy (non-hydrogen) atoms. The van der Waals surface area contributed by atoms with Crippen molar-refractivity contribution in [2.75, 3.05) is 18.4 Å². The van der Waals surface area contributed by atoms with Crippen LogP contribution in [0.1, 0.15) is 35.2 Å². The number of rotatable bonds is 5. The lowest BCUT2D eigenvalue weighted by atomic mass is 10.1. The highest BCUT2D eigenvalue weighted by atomic mass is 35.5. The first-order chi connectivity index (χ1) is 12.8. The van der Waals surface area contributed by atoms with Crippen LogP contribution in [-0.4, -0.2) is 36.8 Å². The van der Waals surface area contributed by atoms with Gasteiger partial charge in [-0.05, 0) is 48.7 Å². The van der Waals surface area contributed by atoms with Crippen LogP contribution in [0.25, 0.3) is 0 Å². The molecule has 1 aliphatic heterocycles. The van der Waals surface area contributed by atoms with Gasteiger partial charge in [-0.25, -0.2) is 12.7 Å². The molecule has 2 aromatic rings. The smallest absolute Gasteiger partial charge is 0.255 e. The second-order valence-corrected chi connectivity index (χ2v) is 8.94. The Bertz CT molecular complexity index is 940. The van der Waals surface area contributed by atoms with E-state index in [-0.39, 0.29) is 17.2 Å².